The summed E-state index contributed by atoms with van der Waals surface area (Å²) >= 11 is 0. The number of benzene rings is 1. The Bertz CT molecular complexity index is 585. The first-order valence-corrected chi connectivity index (χ1v) is 6.53. The smallest absolute Gasteiger partial charge is 0.360 e. The molecule has 1 aromatic heterocycles. The first-order chi connectivity index (χ1) is 9.29. The van der Waals surface area contributed by atoms with Crippen molar-refractivity contribution >= 4 is 5.97 Å². The van der Waals surface area contributed by atoms with Gasteiger partial charge >= 0.3 is 5.97 Å². The Kier molecular flexibility index (Phi) is 3.07. The van der Waals surface area contributed by atoms with Crippen LogP contribution in [0, 0.1) is 0 Å². The van der Waals surface area contributed by atoms with Crippen LogP contribution in [-0.4, -0.2) is 17.6 Å². The van der Waals surface area contributed by atoms with Gasteiger partial charge in [-0.2, -0.15) is 0 Å². The van der Waals surface area contributed by atoms with E-state index in [2.05, 4.69) is 4.98 Å². The largest absolute Gasteiger partial charge is 0.461 e. The quantitative estimate of drug-likeness (QED) is 0.788. The molecule has 3 rings (SSSR count). The van der Waals surface area contributed by atoms with E-state index in [1.54, 1.807) is 6.92 Å². The summed E-state index contributed by atoms with van der Waals surface area (Å²) in [5, 5.41) is 0. The van der Waals surface area contributed by atoms with Crippen molar-refractivity contribution in [1.29, 1.82) is 0 Å². The number of aromatic nitrogens is 1. The Balaban J connectivity index is 2.03. The molecule has 1 aliphatic rings. The van der Waals surface area contributed by atoms with Gasteiger partial charge < -0.3 is 9.15 Å². The van der Waals surface area contributed by atoms with Gasteiger partial charge in [-0.05, 0) is 19.8 Å². The molecule has 19 heavy (non-hydrogen) atoms. The normalized spacial score (nSPS) is 14.4. The highest BCUT2D eigenvalue weighted by atomic mass is 16.5. The molecule has 4 heteroatoms. The van der Waals surface area contributed by atoms with Crippen LogP contribution in [0.1, 0.15) is 42.1 Å². The van der Waals surface area contributed by atoms with E-state index in [-0.39, 0.29) is 5.69 Å². The molecule has 0 aliphatic heterocycles. The zero-order valence-corrected chi connectivity index (χ0v) is 10.8. The summed E-state index contributed by atoms with van der Waals surface area (Å²) in [4.78, 5) is 16.3. The van der Waals surface area contributed by atoms with Crippen LogP contribution in [0.2, 0.25) is 0 Å². The summed E-state index contributed by atoms with van der Waals surface area (Å²) in [6.07, 6.45) is 2.16. The van der Waals surface area contributed by atoms with Crippen molar-refractivity contribution in [3.05, 3.63) is 41.9 Å². The lowest BCUT2D eigenvalue weighted by atomic mass is 10.1. The van der Waals surface area contributed by atoms with Crippen molar-refractivity contribution in [2.75, 3.05) is 6.61 Å². The topological polar surface area (TPSA) is 52.3 Å². The van der Waals surface area contributed by atoms with E-state index in [0.29, 0.717) is 24.2 Å². The average molecular weight is 257 g/mol. The molecule has 1 heterocycles. The van der Waals surface area contributed by atoms with Crippen LogP contribution in [0.5, 0.6) is 0 Å². The van der Waals surface area contributed by atoms with Crippen molar-refractivity contribution in [1.82, 2.24) is 4.98 Å². The van der Waals surface area contributed by atoms with Crippen LogP contribution in [0.3, 0.4) is 0 Å². The second-order valence-corrected chi connectivity index (χ2v) is 4.59. The van der Waals surface area contributed by atoms with Crippen LogP contribution in [0.4, 0.5) is 0 Å². The maximum atomic E-state index is 12.0. The van der Waals surface area contributed by atoms with Crippen molar-refractivity contribution in [3.63, 3.8) is 0 Å². The van der Waals surface area contributed by atoms with Gasteiger partial charge in [0.05, 0.1) is 6.61 Å². The van der Waals surface area contributed by atoms with Crippen molar-refractivity contribution in [3.8, 4) is 11.3 Å². The molecule has 2 aromatic rings. The first kappa shape index (κ1) is 12.0. The number of carbonyl (C=O) groups is 1. The Morgan fingerprint density at radius 1 is 1.37 bits per heavy atom. The van der Waals surface area contributed by atoms with Gasteiger partial charge in [0, 0.05) is 11.5 Å². The van der Waals surface area contributed by atoms with Gasteiger partial charge in [0.2, 0.25) is 0 Å². The van der Waals surface area contributed by atoms with Gasteiger partial charge in [0.1, 0.15) is 0 Å². The number of nitrogens with zero attached hydrogens (tertiary/aromatic N) is 1. The molecular weight excluding hydrogens is 242 g/mol. The molecule has 0 saturated heterocycles. The summed E-state index contributed by atoms with van der Waals surface area (Å²) < 4.78 is 10.8. The summed E-state index contributed by atoms with van der Waals surface area (Å²) in [5.41, 5.74) is 1.14. The zero-order chi connectivity index (χ0) is 13.2. The Morgan fingerprint density at radius 3 is 2.74 bits per heavy atom. The van der Waals surface area contributed by atoms with Gasteiger partial charge in [-0.25, -0.2) is 9.78 Å². The average Bonchev–Trinajstić information content (AvgIpc) is 3.19. The van der Waals surface area contributed by atoms with E-state index in [9.17, 15) is 4.79 Å². The molecule has 0 bridgehead atoms. The summed E-state index contributed by atoms with van der Waals surface area (Å²) in [7, 11) is 0. The number of hydrogen-bond donors (Lipinski definition) is 0. The Labute approximate surface area is 111 Å². The van der Waals surface area contributed by atoms with Crippen molar-refractivity contribution < 1.29 is 13.9 Å². The minimum Gasteiger partial charge on any atom is -0.461 e. The number of carbonyl (C=O) groups excluding carboxylic acids is 1. The third kappa shape index (κ3) is 2.38. The fourth-order valence-electron chi connectivity index (χ4n) is 1.96. The third-order valence-electron chi connectivity index (χ3n) is 3.08. The molecule has 0 atom stereocenters. The maximum Gasteiger partial charge on any atom is 0.360 e. The predicted molar refractivity (Wildman–Crippen MR) is 69.9 cm³/mol. The van der Waals surface area contributed by atoms with E-state index < -0.39 is 5.97 Å². The van der Waals surface area contributed by atoms with Crippen molar-refractivity contribution in [2.24, 2.45) is 0 Å². The highest BCUT2D eigenvalue weighted by molar-refractivity contribution is 5.93. The van der Waals surface area contributed by atoms with E-state index in [1.165, 1.54) is 0 Å². The predicted octanol–water partition coefficient (Wildman–Crippen LogP) is 3.40. The Hall–Kier alpha value is -2.10. The van der Waals surface area contributed by atoms with Crippen LogP contribution >= 0.6 is 0 Å². The molecule has 98 valence electrons. The monoisotopic (exact) mass is 257 g/mol. The third-order valence-corrected chi connectivity index (χ3v) is 3.08. The molecular formula is C15H15NO3. The molecule has 1 aromatic carbocycles. The number of oxazole rings is 1. The van der Waals surface area contributed by atoms with E-state index in [0.717, 1.165) is 18.4 Å². The van der Waals surface area contributed by atoms with E-state index in [4.69, 9.17) is 9.15 Å². The lowest BCUT2D eigenvalue weighted by Crippen LogP contribution is -2.06. The van der Waals surface area contributed by atoms with Gasteiger partial charge in [-0.15, -0.1) is 0 Å². The molecule has 0 unspecified atom stereocenters. The number of hydrogen-bond acceptors (Lipinski definition) is 4. The number of esters is 1. The summed E-state index contributed by atoms with van der Waals surface area (Å²) in [6.45, 7) is 2.11. The highest BCUT2D eigenvalue weighted by Gasteiger charge is 2.32. The van der Waals surface area contributed by atoms with E-state index >= 15 is 0 Å². The second-order valence-electron chi connectivity index (χ2n) is 4.59. The number of rotatable bonds is 4. The molecule has 0 radical (unpaired) electrons. The standard InChI is InChI=1S/C15H15NO3/c1-2-18-15(17)12-13(10-6-4-3-5-7-10)19-14(16-12)11-8-9-11/h3-7,11H,2,8-9H2,1H3. The highest BCUT2D eigenvalue weighted by Crippen LogP contribution is 2.41. The fraction of sp³-hybridized carbons (Fsp3) is 0.333. The summed E-state index contributed by atoms with van der Waals surface area (Å²) in [5.74, 6) is 1.12. The number of ether oxygens (including phenoxy) is 1. The maximum absolute atomic E-state index is 12.0. The van der Waals surface area contributed by atoms with Crippen LogP contribution < -0.4 is 0 Å². The minimum atomic E-state index is -0.419. The molecule has 1 fully saturated rings. The molecule has 1 saturated carbocycles. The summed E-state index contributed by atoms with van der Waals surface area (Å²) in [6, 6.07) is 9.54. The molecule has 0 N–H and O–H groups in total. The zero-order valence-electron chi connectivity index (χ0n) is 10.8. The first-order valence-electron chi connectivity index (χ1n) is 6.53. The van der Waals surface area contributed by atoms with Gasteiger partial charge in [-0.3, -0.25) is 0 Å². The fourth-order valence-corrected chi connectivity index (χ4v) is 1.96. The van der Waals surface area contributed by atoms with E-state index in [1.807, 2.05) is 30.3 Å². The van der Waals surface area contributed by atoms with Gasteiger partial charge in [-0.1, -0.05) is 30.3 Å². The SMILES string of the molecule is CCOC(=O)c1nc(C2CC2)oc1-c1ccccc1. The van der Waals surface area contributed by atoms with Crippen LogP contribution in [-0.2, 0) is 4.74 Å². The van der Waals surface area contributed by atoms with Crippen LogP contribution in [0.15, 0.2) is 34.7 Å². The van der Waals surface area contributed by atoms with Gasteiger partial charge in [0.15, 0.2) is 17.3 Å². The lowest BCUT2D eigenvalue weighted by molar-refractivity contribution is 0.0520. The van der Waals surface area contributed by atoms with Crippen molar-refractivity contribution in [2.45, 2.75) is 25.7 Å². The molecule has 0 amide bonds. The Morgan fingerprint density at radius 2 is 2.11 bits per heavy atom. The lowest BCUT2D eigenvalue weighted by Gasteiger charge is -2.00. The van der Waals surface area contributed by atoms with Crippen LogP contribution in [0.25, 0.3) is 11.3 Å². The molecule has 0 spiro atoms. The van der Waals surface area contributed by atoms with Gasteiger partial charge in [0.25, 0.3) is 0 Å². The minimum absolute atomic E-state index is 0.287. The molecule has 1 aliphatic carbocycles. The second kappa shape index (κ2) is 4.88. The molecule has 4 nitrogen and oxygen atoms in total.